The number of anilines is 1. The second kappa shape index (κ2) is 7.26. The van der Waals surface area contributed by atoms with Gasteiger partial charge in [-0.2, -0.15) is 9.78 Å². The van der Waals surface area contributed by atoms with Crippen LogP contribution in [0, 0.1) is 17.0 Å². The molecule has 0 saturated heterocycles. The van der Waals surface area contributed by atoms with Gasteiger partial charge >= 0.3 is 5.82 Å². The molecule has 0 atom stereocenters. The van der Waals surface area contributed by atoms with Crippen molar-refractivity contribution in [2.24, 2.45) is 0 Å². The maximum atomic E-state index is 12.5. The van der Waals surface area contributed by atoms with Crippen molar-refractivity contribution in [2.75, 3.05) is 5.32 Å². The molecule has 1 aromatic carbocycles. The summed E-state index contributed by atoms with van der Waals surface area (Å²) in [5, 5.41) is 22.0. The molecule has 2 aromatic heterocycles. The SMILES string of the molecule is Cc1cccc(-n2nc(C(C)(C)C)cc2NC(=O)Cn2ccc([N+](=O)[O-])n2)c1. The first-order chi connectivity index (χ1) is 13.1. The highest BCUT2D eigenvalue weighted by molar-refractivity contribution is 5.90. The van der Waals surface area contributed by atoms with Crippen LogP contribution >= 0.6 is 0 Å². The summed E-state index contributed by atoms with van der Waals surface area (Å²) in [4.78, 5) is 22.6. The van der Waals surface area contributed by atoms with Crippen molar-refractivity contribution < 1.29 is 9.72 Å². The highest BCUT2D eigenvalue weighted by Crippen LogP contribution is 2.26. The zero-order valence-electron chi connectivity index (χ0n) is 16.2. The maximum Gasteiger partial charge on any atom is 0.389 e. The van der Waals surface area contributed by atoms with Gasteiger partial charge in [0.25, 0.3) is 0 Å². The van der Waals surface area contributed by atoms with Gasteiger partial charge in [-0.1, -0.05) is 32.9 Å². The molecule has 0 aliphatic rings. The van der Waals surface area contributed by atoms with Crippen molar-refractivity contribution in [3.63, 3.8) is 0 Å². The maximum absolute atomic E-state index is 12.5. The summed E-state index contributed by atoms with van der Waals surface area (Å²) < 4.78 is 2.92. The third-order valence-corrected chi connectivity index (χ3v) is 4.11. The Bertz CT molecular complexity index is 1030. The zero-order chi connectivity index (χ0) is 20.5. The van der Waals surface area contributed by atoms with Crippen molar-refractivity contribution >= 4 is 17.5 Å². The van der Waals surface area contributed by atoms with Gasteiger partial charge in [0.05, 0.1) is 28.7 Å². The van der Waals surface area contributed by atoms with Crippen LogP contribution in [0.1, 0.15) is 32.0 Å². The molecule has 0 unspecified atom stereocenters. The first-order valence-corrected chi connectivity index (χ1v) is 8.79. The van der Waals surface area contributed by atoms with Crippen LogP contribution < -0.4 is 5.32 Å². The van der Waals surface area contributed by atoms with E-state index in [0.29, 0.717) is 5.82 Å². The Morgan fingerprint density at radius 3 is 2.57 bits per heavy atom. The van der Waals surface area contributed by atoms with Gasteiger partial charge in [-0.25, -0.2) is 4.68 Å². The molecule has 0 spiro atoms. The van der Waals surface area contributed by atoms with Crippen molar-refractivity contribution in [1.29, 1.82) is 0 Å². The lowest BCUT2D eigenvalue weighted by Crippen LogP contribution is -2.21. The second-order valence-corrected chi connectivity index (χ2v) is 7.59. The Balaban J connectivity index is 1.88. The number of nitrogens with one attached hydrogen (secondary N) is 1. The van der Waals surface area contributed by atoms with Crippen LogP contribution in [0.5, 0.6) is 0 Å². The third kappa shape index (κ3) is 4.25. The minimum atomic E-state index is -0.600. The first-order valence-electron chi connectivity index (χ1n) is 8.79. The smallest absolute Gasteiger partial charge is 0.358 e. The normalized spacial score (nSPS) is 11.4. The summed E-state index contributed by atoms with van der Waals surface area (Å²) in [5.74, 6) is -0.123. The average molecular weight is 382 g/mol. The molecule has 0 saturated carbocycles. The van der Waals surface area contributed by atoms with Crippen molar-refractivity contribution in [2.45, 2.75) is 39.7 Å². The molecule has 1 amide bonds. The molecule has 28 heavy (non-hydrogen) atoms. The fourth-order valence-electron chi connectivity index (χ4n) is 2.66. The zero-order valence-corrected chi connectivity index (χ0v) is 16.2. The second-order valence-electron chi connectivity index (χ2n) is 7.59. The molecule has 1 N–H and O–H groups in total. The van der Waals surface area contributed by atoms with Crippen LogP contribution in [-0.4, -0.2) is 30.4 Å². The van der Waals surface area contributed by atoms with E-state index in [1.165, 1.54) is 16.9 Å². The lowest BCUT2D eigenvalue weighted by Gasteiger charge is -2.14. The monoisotopic (exact) mass is 382 g/mol. The Kier molecular flexibility index (Phi) is 5.00. The molecule has 0 fully saturated rings. The van der Waals surface area contributed by atoms with Crippen LogP contribution in [0.2, 0.25) is 0 Å². The molecule has 146 valence electrons. The summed E-state index contributed by atoms with van der Waals surface area (Å²) >= 11 is 0. The Labute approximate surface area is 162 Å². The van der Waals surface area contributed by atoms with Crippen LogP contribution in [-0.2, 0) is 16.8 Å². The molecule has 9 nitrogen and oxygen atoms in total. The number of aryl methyl sites for hydroxylation is 1. The molecule has 0 aliphatic heterocycles. The van der Waals surface area contributed by atoms with Crippen molar-refractivity contribution in [3.05, 3.63) is 64.0 Å². The molecule has 3 aromatic rings. The molecular formula is C19H22N6O3. The van der Waals surface area contributed by atoms with Crippen molar-refractivity contribution in [3.8, 4) is 5.69 Å². The van der Waals surface area contributed by atoms with E-state index in [9.17, 15) is 14.9 Å². The van der Waals surface area contributed by atoms with Gasteiger partial charge in [0.2, 0.25) is 5.91 Å². The van der Waals surface area contributed by atoms with Crippen LogP contribution in [0.4, 0.5) is 11.6 Å². The minimum Gasteiger partial charge on any atom is -0.358 e. The topological polar surface area (TPSA) is 108 Å². The number of nitrogens with zero attached hydrogens (tertiary/aromatic N) is 5. The Morgan fingerprint density at radius 2 is 1.96 bits per heavy atom. The fraction of sp³-hybridized carbons (Fsp3) is 0.316. The number of amides is 1. The Hall–Kier alpha value is -3.49. The predicted octanol–water partition coefficient (Wildman–Crippen LogP) is 3.22. The van der Waals surface area contributed by atoms with Gasteiger partial charge in [-0.15, -0.1) is 0 Å². The number of rotatable bonds is 5. The Morgan fingerprint density at radius 1 is 1.21 bits per heavy atom. The van der Waals surface area contributed by atoms with E-state index in [1.807, 2.05) is 58.0 Å². The number of hydrogen-bond acceptors (Lipinski definition) is 5. The summed E-state index contributed by atoms with van der Waals surface area (Å²) in [5.41, 5.74) is 2.54. The molecule has 2 heterocycles. The number of benzene rings is 1. The number of carbonyl (C=O) groups is 1. The average Bonchev–Trinajstić information content (AvgIpc) is 3.21. The largest absolute Gasteiger partial charge is 0.389 e. The van der Waals surface area contributed by atoms with E-state index >= 15 is 0 Å². The van der Waals surface area contributed by atoms with E-state index in [4.69, 9.17) is 0 Å². The van der Waals surface area contributed by atoms with Gasteiger partial charge in [-0.05, 0) is 29.5 Å². The van der Waals surface area contributed by atoms with E-state index in [2.05, 4.69) is 15.5 Å². The molecule has 0 aliphatic carbocycles. The third-order valence-electron chi connectivity index (χ3n) is 4.11. The summed E-state index contributed by atoms with van der Waals surface area (Å²) in [7, 11) is 0. The predicted molar refractivity (Wildman–Crippen MR) is 105 cm³/mol. The number of nitro groups is 1. The molecule has 9 heteroatoms. The van der Waals surface area contributed by atoms with Crippen LogP contribution in [0.15, 0.2) is 42.6 Å². The summed E-state index contributed by atoms with van der Waals surface area (Å²) in [6, 6.07) is 10.9. The quantitative estimate of drug-likeness (QED) is 0.538. The lowest BCUT2D eigenvalue weighted by molar-refractivity contribution is -0.389. The van der Waals surface area contributed by atoms with Crippen LogP contribution in [0.3, 0.4) is 0 Å². The number of aromatic nitrogens is 4. The molecule has 3 rings (SSSR count). The standard InChI is InChI=1S/C19H22N6O3/c1-13-6-5-7-14(10-13)24-17(11-15(21-24)19(2,3)4)20-18(26)12-23-9-8-16(22-23)25(27)28/h5-11H,12H2,1-4H3,(H,20,26). The van der Waals surface area contributed by atoms with Gasteiger partial charge < -0.3 is 15.4 Å². The van der Waals surface area contributed by atoms with E-state index < -0.39 is 4.92 Å². The van der Waals surface area contributed by atoms with Gasteiger partial charge in [-0.3, -0.25) is 4.79 Å². The molecule has 0 radical (unpaired) electrons. The van der Waals surface area contributed by atoms with Gasteiger partial charge in [0, 0.05) is 11.5 Å². The van der Waals surface area contributed by atoms with E-state index in [0.717, 1.165) is 16.9 Å². The molecular weight excluding hydrogens is 360 g/mol. The minimum absolute atomic E-state index is 0.141. The highest BCUT2D eigenvalue weighted by Gasteiger charge is 2.22. The molecule has 0 bridgehead atoms. The van der Waals surface area contributed by atoms with E-state index in [-0.39, 0.29) is 23.7 Å². The first kappa shape index (κ1) is 19.3. The van der Waals surface area contributed by atoms with E-state index in [1.54, 1.807) is 4.68 Å². The van der Waals surface area contributed by atoms with Crippen LogP contribution in [0.25, 0.3) is 5.69 Å². The van der Waals surface area contributed by atoms with Gasteiger partial charge in [0.1, 0.15) is 12.4 Å². The lowest BCUT2D eigenvalue weighted by atomic mass is 9.92. The van der Waals surface area contributed by atoms with Gasteiger partial charge in [0.15, 0.2) is 0 Å². The van der Waals surface area contributed by atoms with Crippen molar-refractivity contribution in [1.82, 2.24) is 19.6 Å². The fourth-order valence-corrected chi connectivity index (χ4v) is 2.66. The summed E-state index contributed by atoms with van der Waals surface area (Å²) in [6.07, 6.45) is 1.40. The summed E-state index contributed by atoms with van der Waals surface area (Å²) in [6.45, 7) is 7.98. The number of carbonyl (C=O) groups excluding carboxylic acids is 1. The highest BCUT2D eigenvalue weighted by atomic mass is 16.6. The number of hydrogen-bond donors (Lipinski definition) is 1.